The minimum atomic E-state index is 0.275. The van der Waals surface area contributed by atoms with Crippen LogP contribution in [-0.2, 0) is 6.42 Å². The summed E-state index contributed by atoms with van der Waals surface area (Å²) in [7, 11) is 0. The van der Waals surface area contributed by atoms with E-state index < -0.39 is 0 Å². The molecular weight excluding hydrogens is 212 g/mol. The molecule has 0 spiro atoms. The lowest BCUT2D eigenvalue weighted by molar-refractivity contribution is 0.735. The maximum Gasteiger partial charge on any atom is 0.129 e. The Labute approximate surface area is 99.9 Å². The van der Waals surface area contributed by atoms with Gasteiger partial charge in [0.05, 0.1) is 11.4 Å². The quantitative estimate of drug-likeness (QED) is 0.805. The molecule has 0 radical (unpaired) electrons. The predicted octanol–water partition coefficient (Wildman–Crippen LogP) is 1.84. The van der Waals surface area contributed by atoms with Crippen LogP contribution < -0.4 is 5.73 Å². The topological polar surface area (TPSA) is 64.7 Å². The lowest BCUT2D eigenvalue weighted by Crippen LogP contribution is -2.07. The summed E-state index contributed by atoms with van der Waals surface area (Å²) < 4.78 is 0. The first-order valence-electron chi connectivity index (χ1n) is 5.78. The minimum Gasteiger partial charge on any atom is -0.383 e. The molecule has 4 nitrogen and oxygen atoms in total. The summed E-state index contributed by atoms with van der Waals surface area (Å²) in [4.78, 5) is 12.9. The summed E-state index contributed by atoms with van der Waals surface area (Å²) in [6.07, 6.45) is 5.51. The van der Waals surface area contributed by atoms with Crippen molar-refractivity contribution >= 4 is 5.82 Å². The molecule has 0 aliphatic heterocycles. The second-order valence-corrected chi connectivity index (χ2v) is 4.41. The number of anilines is 1. The van der Waals surface area contributed by atoms with Gasteiger partial charge >= 0.3 is 0 Å². The molecule has 4 heteroatoms. The number of hydrogen-bond donors (Lipinski definition) is 1. The lowest BCUT2D eigenvalue weighted by atomic mass is 9.98. The number of nitrogen functional groups attached to an aromatic ring is 1. The first-order valence-corrected chi connectivity index (χ1v) is 5.78. The van der Waals surface area contributed by atoms with E-state index in [1.807, 2.05) is 19.2 Å². The van der Waals surface area contributed by atoms with E-state index in [2.05, 4.69) is 21.0 Å². The fourth-order valence-corrected chi connectivity index (χ4v) is 2.51. The van der Waals surface area contributed by atoms with Crippen molar-refractivity contribution in [3.63, 3.8) is 0 Å². The Hall–Kier alpha value is -1.97. The molecule has 0 fully saturated rings. The van der Waals surface area contributed by atoms with E-state index in [9.17, 15) is 0 Å². The highest BCUT2D eigenvalue weighted by Gasteiger charge is 2.27. The van der Waals surface area contributed by atoms with Crippen LogP contribution in [0.3, 0.4) is 0 Å². The standard InChI is InChI=1S/C13H14N4/c1-8-11(16-7-17-13(8)14)10-5-4-9-3-2-6-15-12(9)10/h2-3,6-7,10H,4-5H2,1H3,(H2,14,16,17). The Morgan fingerprint density at radius 3 is 3.00 bits per heavy atom. The zero-order valence-electron chi connectivity index (χ0n) is 9.72. The van der Waals surface area contributed by atoms with Crippen molar-refractivity contribution in [1.82, 2.24) is 15.0 Å². The number of nitrogens with zero attached hydrogens (tertiary/aromatic N) is 3. The molecule has 0 aromatic carbocycles. The van der Waals surface area contributed by atoms with E-state index in [1.54, 1.807) is 6.33 Å². The molecule has 17 heavy (non-hydrogen) atoms. The molecule has 2 heterocycles. The molecule has 0 saturated heterocycles. The number of rotatable bonds is 1. The van der Waals surface area contributed by atoms with Gasteiger partial charge in [0.15, 0.2) is 0 Å². The number of fused-ring (bicyclic) bond motifs is 1. The summed E-state index contributed by atoms with van der Waals surface area (Å²) in [5.74, 6) is 0.843. The van der Waals surface area contributed by atoms with Crippen LogP contribution in [0, 0.1) is 6.92 Å². The van der Waals surface area contributed by atoms with Gasteiger partial charge in [0.2, 0.25) is 0 Å². The molecule has 1 aliphatic rings. The third-order valence-electron chi connectivity index (χ3n) is 3.45. The second-order valence-electron chi connectivity index (χ2n) is 4.41. The van der Waals surface area contributed by atoms with Crippen LogP contribution in [0.1, 0.15) is 34.9 Å². The van der Waals surface area contributed by atoms with Gasteiger partial charge in [-0.2, -0.15) is 0 Å². The largest absolute Gasteiger partial charge is 0.383 e. The zero-order valence-corrected chi connectivity index (χ0v) is 9.72. The Bertz CT molecular complexity index is 565. The van der Waals surface area contributed by atoms with Crippen molar-refractivity contribution in [2.24, 2.45) is 0 Å². The van der Waals surface area contributed by atoms with Gasteiger partial charge in [0.1, 0.15) is 12.1 Å². The number of aromatic nitrogens is 3. The van der Waals surface area contributed by atoms with Crippen LogP contribution in [0.15, 0.2) is 24.7 Å². The van der Waals surface area contributed by atoms with Gasteiger partial charge in [-0.05, 0) is 31.4 Å². The second kappa shape index (κ2) is 3.80. The van der Waals surface area contributed by atoms with Crippen LogP contribution in [-0.4, -0.2) is 15.0 Å². The van der Waals surface area contributed by atoms with Crippen LogP contribution in [0.4, 0.5) is 5.82 Å². The molecule has 2 N–H and O–H groups in total. The van der Waals surface area contributed by atoms with Crippen molar-refractivity contribution in [2.45, 2.75) is 25.7 Å². The third kappa shape index (κ3) is 1.56. The van der Waals surface area contributed by atoms with Gasteiger partial charge < -0.3 is 5.73 Å². The number of aryl methyl sites for hydroxylation is 1. The molecule has 0 bridgehead atoms. The fourth-order valence-electron chi connectivity index (χ4n) is 2.51. The fraction of sp³-hybridized carbons (Fsp3) is 0.308. The molecule has 1 atom stereocenters. The summed E-state index contributed by atoms with van der Waals surface area (Å²) in [5, 5.41) is 0. The molecule has 2 aromatic heterocycles. The SMILES string of the molecule is Cc1c(N)ncnc1C1CCc2cccnc21. The normalized spacial score (nSPS) is 18.1. The van der Waals surface area contributed by atoms with Gasteiger partial charge in [-0.3, -0.25) is 4.98 Å². The highest BCUT2D eigenvalue weighted by molar-refractivity contribution is 5.45. The maximum atomic E-state index is 5.84. The average molecular weight is 226 g/mol. The van der Waals surface area contributed by atoms with E-state index in [-0.39, 0.29) is 5.92 Å². The molecule has 0 saturated carbocycles. The molecular formula is C13H14N4. The monoisotopic (exact) mass is 226 g/mol. The molecule has 1 aliphatic carbocycles. The number of hydrogen-bond acceptors (Lipinski definition) is 4. The van der Waals surface area contributed by atoms with Crippen molar-refractivity contribution in [2.75, 3.05) is 5.73 Å². The van der Waals surface area contributed by atoms with Gasteiger partial charge in [-0.25, -0.2) is 9.97 Å². The number of pyridine rings is 1. The zero-order chi connectivity index (χ0) is 11.8. The van der Waals surface area contributed by atoms with E-state index in [0.717, 1.165) is 29.8 Å². The summed E-state index contributed by atoms with van der Waals surface area (Å²) in [5.41, 5.74) is 10.3. The van der Waals surface area contributed by atoms with Crippen molar-refractivity contribution in [1.29, 1.82) is 0 Å². The van der Waals surface area contributed by atoms with Crippen molar-refractivity contribution in [3.8, 4) is 0 Å². The molecule has 2 aromatic rings. The van der Waals surface area contributed by atoms with E-state index in [4.69, 9.17) is 5.73 Å². The van der Waals surface area contributed by atoms with Crippen LogP contribution in [0.5, 0.6) is 0 Å². The minimum absolute atomic E-state index is 0.275. The molecule has 0 amide bonds. The highest BCUT2D eigenvalue weighted by atomic mass is 14.9. The smallest absolute Gasteiger partial charge is 0.129 e. The van der Waals surface area contributed by atoms with Crippen molar-refractivity contribution in [3.05, 3.63) is 47.2 Å². The van der Waals surface area contributed by atoms with Gasteiger partial charge in [-0.1, -0.05) is 6.07 Å². The van der Waals surface area contributed by atoms with Gasteiger partial charge in [-0.15, -0.1) is 0 Å². The maximum absolute atomic E-state index is 5.84. The predicted molar refractivity (Wildman–Crippen MR) is 65.6 cm³/mol. The Morgan fingerprint density at radius 2 is 2.12 bits per heavy atom. The number of nitrogens with two attached hydrogens (primary N) is 1. The summed E-state index contributed by atoms with van der Waals surface area (Å²) in [6, 6.07) is 4.13. The Morgan fingerprint density at radius 1 is 1.24 bits per heavy atom. The highest BCUT2D eigenvalue weighted by Crippen LogP contribution is 2.37. The van der Waals surface area contributed by atoms with Crippen LogP contribution in [0.25, 0.3) is 0 Å². The van der Waals surface area contributed by atoms with Crippen molar-refractivity contribution < 1.29 is 0 Å². The summed E-state index contributed by atoms with van der Waals surface area (Å²) in [6.45, 7) is 1.98. The first kappa shape index (κ1) is 10.2. The lowest BCUT2D eigenvalue weighted by Gasteiger charge is -2.13. The van der Waals surface area contributed by atoms with Crippen LogP contribution in [0.2, 0.25) is 0 Å². The van der Waals surface area contributed by atoms with E-state index in [0.29, 0.717) is 5.82 Å². The van der Waals surface area contributed by atoms with Crippen LogP contribution >= 0.6 is 0 Å². The first-order chi connectivity index (χ1) is 8.27. The Balaban J connectivity index is 2.10. The van der Waals surface area contributed by atoms with E-state index >= 15 is 0 Å². The summed E-state index contributed by atoms with van der Waals surface area (Å²) >= 11 is 0. The Kier molecular flexibility index (Phi) is 2.28. The molecule has 86 valence electrons. The van der Waals surface area contributed by atoms with Gasteiger partial charge in [0.25, 0.3) is 0 Å². The third-order valence-corrected chi connectivity index (χ3v) is 3.45. The molecule has 3 rings (SSSR count). The molecule has 1 unspecified atom stereocenters. The van der Waals surface area contributed by atoms with E-state index in [1.165, 1.54) is 5.56 Å². The van der Waals surface area contributed by atoms with Gasteiger partial charge in [0, 0.05) is 17.7 Å². The average Bonchev–Trinajstić information content (AvgIpc) is 2.77.